The van der Waals surface area contributed by atoms with Crippen molar-refractivity contribution in [3.63, 3.8) is 0 Å². The highest BCUT2D eigenvalue weighted by Crippen LogP contribution is 2.34. The molecule has 1 aliphatic heterocycles. The molecular weight excluding hydrogens is 312 g/mol. The van der Waals surface area contributed by atoms with E-state index in [1.165, 1.54) is 15.4 Å². The SMILES string of the molecule is O=C(C[C@@H]1CCc2ccccc21)NCCS(=O)(=O)N1CCCC1. The maximum absolute atomic E-state index is 12.1. The van der Waals surface area contributed by atoms with Gasteiger partial charge in [-0.05, 0) is 42.7 Å². The van der Waals surface area contributed by atoms with Crippen molar-refractivity contribution in [3.05, 3.63) is 35.4 Å². The van der Waals surface area contributed by atoms with E-state index < -0.39 is 10.0 Å². The Hall–Kier alpha value is -1.40. The lowest BCUT2D eigenvalue weighted by atomic mass is 9.97. The number of benzene rings is 1. The van der Waals surface area contributed by atoms with Crippen LogP contribution in [0.4, 0.5) is 0 Å². The molecule has 0 aromatic heterocycles. The predicted molar refractivity (Wildman–Crippen MR) is 89.7 cm³/mol. The van der Waals surface area contributed by atoms with Crippen LogP contribution in [0.15, 0.2) is 24.3 Å². The molecule has 0 spiro atoms. The zero-order valence-electron chi connectivity index (χ0n) is 13.3. The molecule has 1 amide bonds. The minimum Gasteiger partial charge on any atom is -0.355 e. The van der Waals surface area contributed by atoms with E-state index in [-0.39, 0.29) is 24.1 Å². The third kappa shape index (κ3) is 3.93. The number of carbonyl (C=O) groups is 1. The molecular formula is C17H24N2O3S. The highest BCUT2D eigenvalue weighted by molar-refractivity contribution is 7.89. The molecule has 0 radical (unpaired) electrons. The van der Waals surface area contributed by atoms with Gasteiger partial charge in [-0.2, -0.15) is 0 Å². The standard InChI is InChI=1S/C17H24N2O3S/c20-17(13-15-8-7-14-5-1-2-6-16(14)15)18-9-12-23(21,22)19-10-3-4-11-19/h1-2,5-6,15H,3-4,7-13H2,(H,18,20)/t15-/m0/s1. The summed E-state index contributed by atoms with van der Waals surface area (Å²) >= 11 is 0. The lowest BCUT2D eigenvalue weighted by Gasteiger charge is -2.16. The first-order valence-corrected chi connectivity index (χ1v) is 9.99. The van der Waals surface area contributed by atoms with Gasteiger partial charge in [0.05, 0.1) is 5.75 Å². The lowest BCUT2D eigenvalue weighted by molar-refractivity contribution is -0.121. The maximum Gasteiger partial charge on any atom is 0.220 e. The molecule has 3 rings (SSSR count). The molecule has 1 fully saturated rings. The van der Waals surface area contributed by atoms with Crippen molar-refractivity contribution in [2.45, 2.75) is 38.0 Å². The number of carbonyl (C=O) groups excluding carboxylic acids is 1. The van der Waals surface area contributed by atoms with Crippen LogP contribution in [0.1, 0.15) is 42.7 Å². The fourth-order valence-corrected chi connectivity index (χ4v) is 5.00. The van der Waals surface area contributed by atoms with E-state index in [1.807, 2.05) is 12.1 Å². The van der Waals surface area contributed by atoms with Gasteiger partial charge >= 0.3 is 0 Å². The van der Waals surface area contributed by atoms with E-state index >= 15 is 0 Å². The fraction of sp³-hybridized carbons (Fsp3) is 0.588. The fourth-order valence-electron chi connectivity index (χ4n) is 3.57. The zero-order valence-corrected chi connectivity index (χ0v) is 14.1. The Morgan fingerprint density at radius 1 is 1.22 bits per heavy atom. The summed E-state index contributed by atoms with van der Waals surface area (Å²) in [6, 6.07) is 8.26. The first-order valence-electron chi connectivity index (χ1n) is 8.38. The Balaban J connectivity index is 1.45. The number of hydrogen-bond acceptors (Lipinski definition) is 3. The molecule has 0 bridgehead atoms. The third-order valence-corrected chi connectivity index (χ3v) is 6.70. The summed E-state index contributed by atoms with van der Waals surface area (Å²) in [6.45, 7) is 1.44. The molecule has 0 unspecified atom stereocenters. The van der Waals surface area contributed by atoms with Crippen molar-refractivity contribution in [2.24, 2.45) is 0 Å². The topological polar surface area (TPSA) is 66.5 Å². The molecule has 1 aliphatic carbocycles. The van der Waals surface area contributed by atoms with Gasteiger partial charge in [0.1, 0.15) is 0 Å². The zero-order chi connectivity index (χ0) is 16.3. The summed E-state index contributed by atoms with van der Waals surface area (Å²) < 4.78 is 25.7. The Kier molecular flexibility index (Phi) is 5.02. The van der Waals surface area contributed by atoms with Crippen LogP contribution in [0.25, 0.3) is 0 Å². The summed E-state index contributed by atoms with van der Waals surface area (Å²) in [6.07, 6.45) is 4.34. The molecule has 2 aliphatic rings. The van der Waals surface area contributed by atoms with E-state index in [2.05, 4.69) is 17.4 Å². The lowest BCUT2D eigenvalue weighted by Crippen LogP contribution is -2.36. The van der Waals surface area contributed by atoms with Gasteiger partial charge in [0.15, 0.2) is 0 Å². The van der Waals surface area contributed by atoms with Gasteiger partial charge in [0.25, 0.3) is 0 Å². The molecule has 1 aromatic rings. The Morgan fingerprint density at radius 3 is 2.74 bits per heavy atom. The summed E-state index contributed by atoms with van der Waals surface area (Å²) in [5.41, 5.74) is 2.61. The minimum atomic E-state index is -3.21. The van der Waals surface area contributed by atoms with Gasteiger partial charge in [-0.1, -0.05) is 24.3 Å². The average Bonchev–Trinajstić information content (AvgIpc) is 3.18. The van der Waals surface area contributed by atoms with Gasteiger partial charge in [-0.3, -0.25) is 4.79 Å². The van der Waals surface area contributed by atoms with Gasteiger partial charge < -0.3 is 5.32 Å². The van der Waals surface area contributed by atoms with E-state index in [0.29, 0.717) is 19.5 Å². The predicted octanol–water partition coefficient (Wildman–Crippen LogP) is 1.65. The Morgan fingerprint density at radius 2 is 1.96 bits per heavy atom. The molecule has 126 valence electrons. The van der Waals surface area contributed by atoms with Gasteiger partial charge in [-0.15, -0.1) is 0 Å². The van der Waals surface area contributed by atoms with Crippen molar-refractivity contribution in [3.8, 4) is 0 Å². The van der Waals surface area contributed by atoms with Crippen LogP contribution >= 0.6 is 0 Å². The van der Waals surface area contributed by atoms with Crippen LogP contribution in [0, 0.1) is 0 Å². The number of aryl methyl sites for hydroxylation is 1. The Labute approximate surface area is 138 Å². The van der Waals surface area contributed by atoms with Crippen LogP contribution in [0.2, 0.25) is 0 Å². The highest BCUT2D eigenvalue weighted by Gasteiger charge is 2.26. The quantitative estimate of drug-likeness (QED) is 0.859. The van der Waals surface area contributed by atoms with Crippen molar-refractivity contribution >= 4 is 15.9 Å². The van der Waals surface area contributed by atoms with Crippen LogP contribution in [-0.2, 0) is 21.2 Å². The summed E-state index contributed by atoms with van der Waals surface area (Å²) in [7, 11) is -3.21. The van der Waals surface area contributed by atoms with E-state index in [1.54, 1.807) is 0 Å². The van der Waals surface area contributed by atoms with E-state index in [9.17, 15) is 13.2 Å². The minimum absolute atomic E-state index is 0.00000630. The molecule has 1 atom stereocenters. The monoisotopic (exact) mass is 336 g/mol. The van der Waals surface area contributed by atoms with Crippen LogP contribution < -0.4 is 5.32 Å². The third-order valence-electron chi connectivity index (χ3n) is 4.83. The highest BCUT2D eigenvalue weighted by atomic mass is 32.2. The second-order valence-corrected chi connectivity index (χ2v) is 8.50. The van der Waals surface area contributed by atoms with Gasteiger partial charge in [-0.25, -0.2) is 12.7 Å². The number of nitrogens with zero attached hydrogens (tertiary/aromatic N) is 1. The number of rotatable bonds is 6. The Bertz CT molecular complexity index is 666. The van der Waals surface area contributed by atoms with E-state index in [0.717, 1.165) is 25.7 Å². The van der Waals surface area contributed by atoms with Crippen molar-refractivity contribution in [1.29, 1.82) is 0 Å². The molecule has 1 N–H and O–H groups in total. The van der Waals surface area contributed by atoms with Crippen LogP contribution in [0.5, 0.6) is 0 Å². The summed E-state index contributed by atoms with van der Waals surface area (Å²) in [4.78, 5) is 12.1. The normalized spacial score (nSPS) is 21.3. The largest absolute Gasteiger partial charge is 0.355 e. The van der Waals surface area contributed by atoms with Crippen molar-refractivity contribution < 1.29 is 13.2 Å². The molecule has 5 nitrogen and oxygen atoms in total. The van der Waals surface area contributed by atoms with Crippen molar-refractivity contribution in [1.82, 2.24) is 9.62 Å². The first kappa shape index (κ1) is 16.5. The van der Waals surface area contributed by atoms with Gasteiger partial charge in [0.2, 0.25) is 15.9 Å². The number of fused-ring (bicyclic) bond motifs is 1. The second-order valence-electron chi connectivity index (χ2n) is 6.41. The maximum atomic E-state index is 12.1. The van der Waals surface area contributed by atoms with Crippen LogP contribution in [-0.4, -0.2) is 44.0 Å². The first-order chi connectivity index (χ1) is 11.1. The number of sulfonamides is 1. The molecule has 1 aromatic carbocycles. The smallest absolute Gasteiger partial charge is 0.220 e. The number of amides is 1. The molecule has 6 heteroatoms. The van der Waals surface area contributed by atoms with Crippen LogP contribution in [0.3, 0.4) is 0 Å². The number of hydrogen-bond donors (Lipinski definition) is 1. The second kappa shape index (κ2) is 7.01. The molecule has 23 heavy (non-hydrogen) atoms. The summed E-state index contributed by atoms with van der Waals surface area (Å²) in [5, 5.41) is 2.78. The number of nitrogens with one attached hydrogen (secondary N) is 1. The molecule has 0 saturated carbocycles. The molecule has 1 saturated heterocycles. The molecule has 1 heterocycles. The average molecular weight is 336 g/mol. The van der Waals surface area contributed by atoms with Gasteiger partial charge in [0, 0.05) is 26.1 Å². The van der Waals surface area contributed by atoms with Crippen molar-refractivity contribution in [2.75, 3.05) is 25.4 Å². The van der Waals surface area contributed by atoms with E-state index in [4.69, 9.17) is 0 Å². The summed E-state index contributed by atoms with van der Waals surface area (Å²) in [5.74, 6) is 0.213.